The van der Waals surface area contributed by atoms with Crippen molar-refractivity contribution in [1.82, 2.24) is 9.97 Å². The highest BCUT2D eigenvalue weighted by Crippen LogP contribution is 2.32. The van der Waals surface area contributed by atoms with Crippen molar-refractivity contribution in [2.45, 2.75) is 32.1 Å². The highest BCUT2D eigenvalue weighted by molar-refractivity contribution is 6.10. The molecule has 2 aromatic carbocycles. The lowest BCUT2D eigenvalue weighted by Crippen LogP contribution is -2.32. The van der Waals surface area contributed by atoms with E-state index >= 15 is 0 Å². The van der Waals surface area contributed by atoms with Crippen LogP contribution in [-0.2, 0) is 15.0 Å². The minimum absolute atomic E-state index is 0.0565. The van der Waals surface area contributed by atoms with Crippen LogP contribution in [0.25, 0.3) is 11.0 Å². The Labute approximate surface area is 196 Å². The van der Waals surface area contributed by atoms with Gasteiger partial charge in [0.2, 0.25) is 11.8 Å². The van der Waals surface area contributed by atoms with Crippen LogP contribution in [0.3, 0.4) is 0 Å². The molecule has 2 aromatic heterocycles. The van der Waals surface area contributed by atoms with Crippen LogP contribution in [0.1, 0.15) is 37.8 Å². The molecular formula is C26H25FN4O3. The van der Waals surface area contributed by atoms with Gasteiger partial charge < -0.3 is 20.8 Å². The van der Waals surface area contributed by atoms with Gasteiger partial charge in [-0.15, -0.1) is 0 Å². The van der Waals surface area contributed by atoms with Crippen LogP contribution in [0.5, 0.6) is 11.5 Å². The number of primary amides is 1. The number of carbonyl (C=O) groups excluding carboxylic acids is 2. The molecule has 4 aromatic rings. The molecule has 0 fully saturated rings. The number of carbonyl (C=O) groups is 2. The number of fused-ring (bicyclic) bond motifs is 1. The van der Waals surface area contributed by atoms with Crippen LogP contribution < -0.4 is 15.8 Å². The van der Waals surface area contributed by atoms with Crippen LogP contribution >= 0.6 is 0 Å². The van der Waals surface area contributed by atoms with Crippen molar-refractivity contribution in [3.05, 3.63) is 83.9 Å². The van der Waals surface area contributed by atoms with Gasteiger partial charge in [0.15, 0.2) is 11.6 Å². The molecule has 1 unspecified atom stereocenters. The van der Waals surface area contributed by atoms with Crippen molar-refractivity contribution in [2.24, 2.45) is 5.73 Å². The lowest BCUT2D eigenvalue weighted by atomic mass is 9.87. The molecule has 2 amide bonds. The van der Waals surface area contributed by atoms with Crippen molar-refractivity contribution in [2.75, 3.05) is 5.32 Å². The van der Waals surface area contributed by atoms with E-state index in [0.717, 1.165) is 11.6 Å². The number of benzene rings is 2. The van der Waals surface area contributed by atoms with Crippen molar-refractivity contribution in [1.29, 1.82) is 0 Å². The number of nitrogens with one attached hydrogen (secondary N) is 2. The summed E-state index contributed by atoms with van der Waals surface area (Å²) in [5, 5.41) is 3.41. The fraction of sp³-hybridized carbons (Fsp3) is 0.192. The molecule has 0 bridgehead atoms. The lowest BCUT2D eigenvalue weighted by molar-refractivity contribution is -0.127. The van der Waals surface area contributed by atoms with Gasteiger partial charge in [0.1, 0.15) is 17.3 Å². The second-order valence-corrected chi connectivity index (χ2v) is 9.00. The SMILES string of the molecule is CC(C)(C)c1cccc(NC(=O)C(C(N)=O)c2ccc(Oc3ccnc4[nH]ccc34)c(F)c2)c1. The number of amides is 2. The Morgan fingerprint density at radius 3 is 2.59 bits per heavy atom. The van der Waals surface area contributed by atoms with Crippen LogP contribution in [0.2, 0.25) is 0 Å². The Morgan fingerprint density at radius 1 is 1.09 bits per heavy atom. The summed E-state index contributed by atoms with van der Waals surface area (Å²) in [5.41, 5.74) is 7.67. The second-order valence-electron chi connectivity index (χ2n) is 9.00. The van der Waals surface area contributed by atoms with E-state index in [1.54, 1.807) is 30.6 Å². The number of nitrogens with zero attached hydrogens (tertiary/aromatic N) is 1. The maximum atomic E-state index is 14.9. The molecule has 1 atom stereocenters. The summed E-state index contributed by atoms with van der Waals surface area (Å²) in [5.74, 6) is -3.28. The zero-order valence-electron chi connectivity index (χ0n) is 19.1. The molecule has 0 radical (unpaired) electrons. The molecule has 0 aliphatic carbocycles. The number of ether oxygens (including phenoxy) is 1. The Morgan fingerprint density at radius 2 is 1.88 bits per heavy atom. The summed E-state index contributed by atoms with van der Waals surface area (Å²) in [7, 11) is 0. The van der Waals surface area contributed by atoms with E-state index < -0.39 is 23.5 Å². The average molecular weight is 461 g/mol. The largest absolute Gasteiger partial charge is 0.453 e. The predicted molar refractivity (Wildman–Crippen MR) is 128 cm³/mol. The summed E-state index contributed by atoms with van der Waals surface area (Å²) in [6.45, 7) is 6.17. The van der Waals surface area contributed by atoms with Gasteiger partial charge in [-0.3, -0.25) is 9.59 Å². The molecule has 0 saturated carbocycles. The van der Waals surface area contributed by atoms with E-state index in [-0.39, 0.29) is 16.7 Å². The highest BCUT2D eigenvalue weighted by atomic mass is 19.1. The van der Waals surface area contributed by atoms with Gasteiger partial charge in [-0.05, 0) is 52.9 Å². The Hall–Kier alpha value is -4.20. The molecule has 34 heavy (non-hydrogen) atoms. The quantitative estimate of drug-likeness (QED) is 0.352. The summed E-state index contributed by atoms with van der Waals surface area (Å²) in [6, 6.07) is 14.6. The van der Waals surface area contributed by atoms with Crippen molar-refractivity contribution in [3.63, 3.8) is 0 Å². The van der Waals surface area contributed by atoms with E-state index in [1.807, 2.05) is 18.2 Å². The van der Waals surface area contributed by atoms with Gasteiger partial charge in [0, 0.05) is 18.1 Å². The lowest BCUT2D eigenvalue weighted by Gasteiger charge is -2.20. The van der Waals surface area contributed by atoms with Gasteiger partial charge in [-0.1, -0.05) is 39.0 Å². The summed E-state index contributed by atoms with van der Waals surface area (Å²) < 4.78 is 20.7. The Bertz CT molecular complexity index is 1370. The number of pyridine rings is 1. The molecule has 8 heteroatoms. The van der Waals surface area contributed by atoms with E-state index in [1.165, 1.54) is 12.1 Å². The number of rotatable bonds is 6. The monoisotopic (exact) mass is 460 g/mol. The molecule has 4 rings (SSSR count). The number of halogens is 1. The van der Waals surface area contributed by atoms with Crippen LogP contribution in [-0.4, -0.2) is 21.8 Å². The maximum absolute atomic E-state index is 14.9. The molecule has 174 valence electrons. The topological polar surface area (TPSA) is 110 Å². The van der Waals surface area contributed by atoms with Gasteiger partial charge >= 0.3 is 0 Å². The molecule has 0 saturated heterocycles. The molecule has 4 N–H and O–H groups in total. The minimum atomic E-state index is -1.38. The Kier molecular flexibility index (Phi) is 6.06. The first-order valence-corrected chi connectivity index (χ1v) is 10.7. The maximum Gasteiger partial charge on any atom is 0.241 e. The predicted octanol–water partition coefficient (Wildman–Crippen LogP) is 5.00. The number of aromatic nitrogens is 2. The number of hydrogen-bond acceptors (Lipinski definition) is 4. The van der Waals surface area contributed by atoms with E-state index in [2.05, 4.69) is 36.1 Å². The van der Waals surface area contributed by atoms with E-state index in [0.29, 0.717) is 22.5 Å². The third-order valence-corrected chi connectivity index (χ3v) is 5.47. The molecule has 7 nitrogen and oxygen atoms in total. The van der Waals surface area contributed by atoms with Gasteiger partial charge in [0.05, 0.1) is 5.39 Å². The summed E-state index contributed by atoms with van der Waals surface area (Å²) >= 11 is 0. The number of hydrogen-bond donors (Lipinski definition) is 3. The van der Waals surface area contributed by atoms with Crippen molar-refractivity contribution < 1.29 is 18.7 Å². The zero-order chi connectivity index (χ0) is 24.5. The summed E-state index contributed by atoms with van der Waals surface area (Å²) in [4.78, 5) is 32.2. The third-order valence-electron chi connectivity index (χ3n) is 5.47. The van der Waals surface area contributed by atoms with E-state index in [4.69, 9.17) is 10.5 Å². The molecule has 2 heterocycles. The summed E-state index contributed by atoms with van der Waals surface area (Å²) in [6.07, 6.45) is 3.25. The van der Waals surface area contributed by atoms with Gasteiger partial charge in [0.25, 0.3) is 0 Å². The first-order chi connectivity index (χ1) is 16.1. The number of nitrogens with two attached hydrogens (primary N) is 1. The number of anilines is 1. The first-order valence-electron chi connectivity index (χ1n) is 10.7. The molecular weight excluding hydrogens is 435 g/mol. The van der Waals surface area contributed by atoms with Crippen LogP contribution in [0, 0.1) is 5.82 Å². The Balaban J connectivity index is 1.57. The zero-order valence-corrected chi connectivity index (χ0v) is 19.1. The average Bonchev–Trinajstić information content (AvgIpc) is 3.25. The third kappa shape index (κ3) is 4.76. The standard InChI is InChI=1S/C26H25FN4O3/c1-26(2,3)16-5-4-6-17(14-16)31-25(33)22(23(28)32)15-7-8-21(19(27)13-15)34-20-10-12-30-24-18(20)9-11-29-24/h4-14,22H,1-3H3,(H2,28,32)(H,29,30)(H,31,33). The normalized spacial score (nSPS) is 12.4. The number of H-pyrrole nitrogens is 1. The van der Waals surface area contributed by atoms with Crippen LogP contribution in [0.4, 0.5) is 10.1 Å². The van der Waals surface area contributed by atoms with Crippen LogP contribution in [0.15, 0.2) is 67.0 Å². The van der Waals surface area contributed by atoms with Crippen molar-refractivity contribution >= 4 is 28.5 Å². The molecule has 0 aliphatic heterocycles. The van der Waals surface area contributed by atoms with Gasteiger partial charge in [-0.25, -0.2) is 9.37 Å². The van der Waals surface area contributed by atoms with E-state index in [9.17, 15) is 14.0 Å². The number of aromatic amines is 1. The molecule has 0 spiro atoms. The second kappa shape index (κ2) is 8.97. The molecule has 0 aliphatic rings. The fourth-order valence-corrected chi connectivity index (χ4v) is 3.65. The smallest absolute Gasteiger partial charge is 0.241 e. The highest BCUT2D eigenvalue weighted by Gasteiger charge is 2.28. The fourth-order valence-electron chi connectivity index (χ4n) is 3.65. The van der Waals surface area contributed by atoms with Gasteiger partial charge in [-0.2, -0.15) is 0 Å². The van der Waals surface area contributed by atoms with Crippen molar-refractivity contribution in [3.8, 4) is 11.5 Å². The first kappa shape index (κ1) is 23.0. The minimum Gasteiger partial charge on any atom is -0.453 e.